The molecule has 0 saturated heterocycles. The summed E-state index contributed by atoms with van der Waals surface area (Å²) in [6.45, 7) is 8.08. The molecule has 0 fully saturated rings. The topological polar surface area (TPSA) is 68.1 Å². The molecule has 0 aliphatic heterocycles. The van der Waals surface area contributed by atoms with Gasteiger partial charge in [-0.2, -0.15) is 0 Å². The molecule has 0 bridgehead atoms. The zero-order valence-electron chi connectivity index (χ0n) is 10.3. The van der Waals surface area contributed by atoms with Crippen molar-refractivity contribution in [3.63, 3.8) is 0 Å². The van der Waals surface area contributed by atoms with Crippen LogP contribution in [0.2, 0.25) is 5.15 Å². The van der Waals surface area contributed by atoms with Gasteiger partial charge in [-0.05, 0) is 18.4 Å². The van der Waals surface area contributed by atoms with Crippen LogP contribution in [0.5, 0.6) is 0 Å². The monoisotopic (exact) mass is 257 g/mol. The van der Waals surface area contributed by atoms with Crippen LogP contribution in [0.25, 0.3) is 0 Å². The van der Waals surface area contributed by atoms with Crippen LogP contribution in [-0.4, -0.2) is 15.9 Å². The van der Waals surface area contributed by atoms with E-state index in [1.165, 1.54) is 12.1 Å². The van der Waals surface area contributed by atoms with Crippen molar-refractivity contribution < 1.29 is 4.92 Å². The van der Waals surface area contributed by atoms with Crippen LogP contribution in [0.15, 0.2) is 12.1 Å². The fourth-order valence-electron chi connectivity index (χ4n) is 1.10. The number of anilines is 1. The number of nitrogens with zero attached hydrogens (tertiary/aromatic N) is 2. The molecule has 94 valence electrons. The average molecular weight is 258 g/mol. The van der Waals surface area contributed by atoms with Gasteiger partial charge in [0.15, 0.2) is 0 Å². The summed E-state index contributed by atoms with van der Waals surface area (Å²) in [5, 5.41) is 14.1. The molecule has 1 rings (SSSR count). The number of halogens is 1. The molecule has 1 aromatic rings. The Morgan fingerprint density at radius 1 is 1.47 bits per heavy atom. The summed E-state index contributed by atoms with van der Waals surface area (Å²) in [5.74, 6) is 0.213. The Hall–Kier alpha value is -1.36. The highest BCUT2D eigenvalue weighted by Gasteiger charge is 2.24. The molecule has 6 heteroatoms. The molecular weight excluding hydrogens is 242 g/mol. The standard InChI is InChI=1S/C11H16ClN3O2/c1-7(11(2,3)4)13-10-8(15(16)17)5-6-9(12)14-10/h5-7H,1-4H3,(H,13,14). The Morgan fingerprint density at radius 2 is 2.06 bits per heavy atom. The van der Waals surface area contributed by atoms with E-state index in [0.717, 1.165) is 0 Å². The summed E-state index contributed by atoms with van der Waals surface area (Å²) in [5.41, 5.74) is -0.0942. The van der Waals surface area contributed by atoms with Crippen molar-refractivity contribution >= 4 is 23.1 Å². The number of rotatable bonds is 3. The van der Waals surface area contributed by atoms with Gasteiger partial charge in [0.1, 0.15) is 5.15 Å². The molecule has 1 atom stereocenters. The van der Waals surface area contributed by atoms with Crippen molar-refractivity contribution in [1.82, 2.24) is 4.98 Å². The summed E-state index contributed by atoms with van der Waals surface area (Å²) in [6, 6.07) is 2.80. The van der Waals surface area contributed by atoms with E-state index in [-0.39, 0.29) is 28.1 Å². The number of aromatic nitrogens is 1. The van der Waals surface area contributed by atoms with Gasteiger partial charge in [0.05, 0.1) is 4.92 Å². The quantitative estimate of drug-likeness (QED) is 0.511. The highest BCUT2D eigenvalue weighted by atomic mass is 35.5. The molecule has 0 radical (unpaired) electrons. The molecule has 0 aromatic carbocycles. The van der Waals surface area contributed by atoms with E-state index in [0.29, 0.717) is 0 Å². The second-order valence-electron chi connectivity index (χ2n) is 4.99. The first-order chi connectivity index (χ1) is 7.71. The Balaban J connectivity index is 3.04. The third-order valence-corrected chi connectivity index (χ3v) is 2.90. The van der Waals surface area contributed by atoms with Crippen molar-refractivity contribution in [3.05, 3.63) is 27.4 Å². The third kappa shape index (κ3) is 3.56. The van der Waals surface area contributed by atoms with E-state index < -0.39 is 4.92 Å². The second-order valence-corrected chi connectivity index (χ2v) is 5.38. The lowest BCUT2D eigenvalue weighted by atomic mass is 9.88. The fourth-order valence-corrected chi connectivity index (χ4v) is 1.25. The van der Waals surface area contributed by atoms with Crippen molar-refractivity contribution in [2.45, 2.75) is 33.7 Å². The molecule has 1 N–H and O–H groups in total. The second kappa shape index (κ2) is 4.87. The molecule has 0 amide bonds. The molecule has 1 heterocycles. The summed E-state index contributed by atoms with van der Waals surface area (Å²) in [7, 11) is 0. The molecule has 0 spiro atoms. The van der Waals surface area contributed by atoms with Gasteiger partial charge in [-0.3, -0.25) is 10.1 Å². The fraction of sp³-hybridized carbons (Fsp3) is 0.545. The molecule has 0 saturated carbocycles. The van der Waals surface area contributed by atoms with Crippen molar-refractivity contribution in [2.24, 2.45) is 5.41 Å². The van der Waals surface area contributed by atoms with Crippen LogP contribution in [-0.2, 0) is 0 Å². The lowest BCUT2D eigenvalue weighted by Gasteiger charge is -2.28. The van der Waals surface area contributed by atoms with Crippen LogP contribution in [0, 0.1) is 15.5 Å². The van der Waals surface area contributed by atoms with Crippen LogP contribution in [0.4, 0.5) is 11.5 Å². The minimum Gasteiger partial charge on any atom is -0.361 e. The summed E-state index contributed by atoms with van der Waals surface area (Å²) >= 11 is 5.75. The Bertz CT molecular complexity index is 429. The highest BCUT2D eigenvalue weighted by Crippen LogP contribution is 2.28. The van der Waals surface area contributed by atoms with E-state index in [4.69, 9.17) is 11.6 Å². The van der Waals surface area contributed by atoms with Crippen molar-refractivity contribution in [2.75, 3.05) is 5.32 Å². The minimum atomic E-state index is -0.471. The summed E-state index contributed by atoms with van der Waals surface area (Å²) < 4.78 is 0. The first-order valence-electron chi connectivity index (χ1n) is 5.29. The summed E-state index contributed by atoms with van der Waals surface area (Å²) in [4.78, 5) is 14.3. The molecule has 0 aliphatic rings. The Labute approximate surface area is 105 Å². The van der Waals surface area contributed by atoms with Crippen molar-refractivity contribution in [3.8, 4) is 0 Å². The van der Waals surface area contributed by atoms with E-state index in [1.54, 1.807) is 0 Å². The number of pyridine rings is 1. The van der Waals surface area contributed by atoms with E-state index in [9.17, 15) is 10.1 Å². The zero-order chi connectivity index (χ0) is 13.2. The predicted octanol–water partition coefficient (Wildman–Crippen LogP) is 3.49. The third-order valence-electron chi connectivity index (χ3n) is 2.69. The SMILES string of the molecule is CC(Nc1nc(Cl)ccc1[N+](=O)[O-])C(C)(C)C. The molecule has 5 nitrogen and oxygen atoms in total. The maximum absolute atomic E-state index is 10.8. The van der Waals surface area contributed by atoms with Gasteiger partial charge < -0.3 is 5.32 Å². The van der Waals surface area contributed by atoms with Crippen LogP contribution < -0.4 is 5.32 Å². The molecule has 1 aromatic heterocycles. The molecular formula is C11H16ClN3O2. The van der Waals surface area contributed by atoms with Gasteiger partial charge in [-0.25, -0.2) is 4.98 Å². The van der Waals surface area contributed by atoms with Gasteiger partial charge in [0, 0.05) is 12.1 Å². The average Bonchev–Trinajstić information content (AvgIpc) is 2.15. The van der Waals surface area contributed by atoms with Crippen LogP contribution >= 0.6 is 11.6 Å². The van der Waals surface area contributed by atoms with Crippen LogP contribution in [0.3, 0.4) is 0 Å². The maximum atomic E-state index is 10.8. The van der Waals surface area contributed by atoms with E-state index >= 15 is 0 Å². The van der Waals surface area contributed by atoms with Gasteiger partial charge in [-0.1, -0.05) is 32.4 Å². The highest BCUT2D eigenvalue weighted by molar-refractivity contribution is 6.29. The Morgan fingerprint density at radius 3 is 2.53 bits per heavy atom. The lowest BCUT2D eigenvalue weighted by Crippen LogP contribution is -2.31. The van der Waals surface area contributed by atoms with Crippen molar-refractivity contribution in [1.29, 1.82) is 0 Å². The normalized spacial score (nSPS) is 13.2. The van der Waals surface area contributed by atoms with E-state index in [2.05, 4.69) is 10.3 Å². The zero-order valence-corrected chi connectivity index (χ0v) is 11.1. The Kier molecular flexibility index (Phi) is 3.93. The lowest BCUT2D eigenvalue weighted by molar-refractivity contribution is -0.384. The van der Waals surface area contributed by atoms with Gasteiger partial charge in [-0.15, -0.1) is 0 Å². The minimum absolute atomic E-state index is 0.0299. The first kappa shape index (κ1) is 13.7. The molecule has 0 aliphatic carbocycles. The molecule has 17 heavy (non-hydrogen) atoms. The number of hydrogen-bond donors (Lipinski definition) is 1. The van der Waals surface area contributed by atoms with Gasteiger partial charge >= 0.3 is 5.69 Å². The number of hydrogen-bond acceptors (Lipinski definition) is 4. The smallest absolute Gasteiger partial charge is 0.311 e. The molecule has 1 unspecified atom stereocenters. The van der Waals surface area contributed by atoms with Gasteiger partial charge in [0.25, 0.3) is 0 Å². The number of nitro groups is 1. The largest absolute Gasteiger partial charge is 0.361 e. The van der Waals surface area contributed by atoms with E-state index in [1.807, 2.05) is 27.7 Å². The predicted molar refractivity (Wildman–Crippen MR) is 68.4 cm³/mol. The van der Waals surface area contributed by atoms with Gasteiger partial charge in [0.2, 0.25) is 5.82 Å². The first-order valence-corrected chi connectivity index (χ1v) is 5.67. The maximum Gasteiger partial charge on any atom is 0.311 e. The number of nitrogens with one attached hydrogen (secondary N) is 1. The summed E-state index contributed by atoms with van der Waals surface area (Å²) in [6.07, 6.45) is 0. The van der Waals surface area contributed by atoms with Crippen LogP contribution in [0.1, 0.15) is 27.7 Å².